The number of nitrogens with zero attached hydrogens (tertiary/aromatic N) is 3. The molecule has 0 N–H and O–H groups in total. The molecular formula is C25H22ClN3O. The van der Waals surface area contributed by atoms with Crippen molar-refractivity contribution in [2.45, 2.75) is 25.7 Å². The van der Waals surface area contributed by atoms with Gasteiger partial charge in [-0.1, -0.05) is 35.4 Å². The third-order valence-corrected chi connectivity index (χ3v) is 6.26. The van der Waals surface area contributed by atoms with E-state index in [0.717, 1.165) is 36.4 Å². The highest BCUT2D eigenvalue weighted by Crippen LogP contribution is 2.38. The zero-order valence-corrected chi connectivity index (χ0v) is 17.4. The minimum absolute atomic E-state index is 0.00576. The minimum atomic E-state index is 0.00576. The van der Waals surface area contributed by atoms with E-state index in [-0.39, 0.29) is 5.91 Å². The summed E-state index contributed by atoms with van der Waals surface area (Å²) in [4.78, 5) is 23.7. The summed E-state index contributed by atoms with van der Waals surface area (Å²) >= 11 is 6.31. The lowest BCUT2D eigenvalue weighted by Crippen LogP contribution is -2.37. The largest absolute Gasteiger partial charge is 0.337 e. The number of carbonyl (C=O) groups excluding carboxylic acids is 1. The number of aryl methyl sites for hydroxylation is 2. The molecule has 0 spiro atoms. The van der Waals surface area contributed by atoms with Gasteiger partial charge in [-0.3, -0.25) is 14.8 Å². The zero-order chi connectivity index (χ0) is 20.5. The number of hydrogen-bond donors (Lipinski definition) is 0. The van der Waals surface area contributed by atoms with E-state index in [4.69, 9.17) is 16.6 Å². The predicted molar refractivity (Wildman–Crippen MR) is 118 cm³/mol. The summed E-state index contributed by atoms with van der Waals surface area (Å²) in [7, 11) is 0. The Balaban J connectivity index is 1.51. The van der Waals surface area contributed by atoms with Crippen LogP contribution in [0.4, 0.5) is 0 Å². The minimum Gasteiger partial charge on any atom is -0.337 e. The fraction of sp³-hybridized carbons (Fsp3) is 0.240. The molecule has 0 unspecified atom stereocenters. The number of aromatic nitrogens is 2. The first-order chi connectivity index (χ1) is 14.7. The van der Waals surface area contributed by atoms with Crippen LogP contribution < -0.4 is 0 Å². The Morgan fingerprint density at radius 3 is 2.47 bits per heavy atom. The van der Waals surface area contributed by atoms with Gasteiger partial charge in [-0.05, 0) is 72.7 Å². The molecule has 3 aromatic rings. The van der Waals surface area contributed by atoms with Gasteiger partial charge in [-0.15, -0.1) is 0 Å². The number of pyridine rings is 2. The lowest BCUT2D eigenvalue weighted by atomic mass is 9.88. The second-order valence-electron chi connectivity index (χ2n) is 7.80. The molecule has 0 bridgehead atoms. The lowest BCUT2D eigenvalue weighted by molar-refractivity contribution is 0.0738. The van der Waals surface area contributed by atoms with Crippen molar-refractivity contribution in [3.05, 3.63) is 99.6 Å². The molecular weight excluding hydrogens is 394 g/mol. The second-order valence-corrected chi connectivity index (χ2v) is 8.23. The Labute approximate surface area is 181 Å². The number of carbonyl (C=O) groups is 1. The van der Waals surface area contributed by atoms with Crippen molar-refractivity contribution < 1.29 is 4.79 Å². The summed E-state index contributed by atoms with van der Waals surface area (Å²) in [6.07, 6.45) is 7.13. The van der Waals surface area contributed by atoms with Crippen molar-refractivity contribution in [3.63, 3.8) is 0 Å². The maximum atomic E-state index is 12.8. The Morgan fingerprint density at radius 2 is 1.67 bits per heavy atom. The Bertz CT molecular complexity index is 1130. The van der Waals surface area contributed by atoms with E-state index in [9.17, 15) is 4.79 Å². The van der Waals surface area contributed by atoms with Crippen LogP contribution in [0.3, 0.4) is 0 Å². The molecule has 150 valence electrons. The first-order valence-electron chi connectivity index (χ1n) is 10.4. The van der Waals surface area contributed by atoms with E-state index in [2.05, 4.69) is 23.2 Å². The van der Waals surface area contributed by atoms with Crippen molar-refractivity contribution in [1.82, 2.24) is 14.9 Å². The fourth-order valence-electron chi connectivity index (χ4n) is 4.51. The van der Waals surface area contributed by atoms with Crippen molar-refractivity contribution in [2.24, 2.45) is 0 Å². The molecule has 30 heavy (non-hydrogen) atoms. The van der Waals surface area contributed by atoms with Crippen molar-refractivity contribution in [1.29, 1.82) is 0 Å². The molecule has 5 heteroatoms. The molecule has 0 atom stereocenters. The molecule has 1 fully saturated rings. The smallest absolute Gasteiger partial charge is 0.272 e. The number of likely N-dealkylation sites (tertiary alicyclic amines) is 1. The Kier molecular flexibility index (Phi) is 5.09. The van der Waals surface area contributed by atoms with E-state index in [1.165, 1.54) is 27.8 Å². The van der Waals surface area contributed by atoms with Crippen LogP contribution in [-0.2, 0) is 12.8 Å². The highest BCUT2D eigenvalue weighted by molar-refractivity contribution is 6.30. The number of rotatable bonds is 1. The summed E-state index contributed by atoms with van der Waals surface area (Å²) in [5.41, 5.74) is 7.98. The third-order valence-electron chi connectivity index (χ3n) is 6.02. The van der Waals surface area contributed by atoms with Crippen LogP contribution >= 0.6 is 11.6 Å². The molecule has 5 rings (SSSR count). The quantitative estimate of drug-likeness (QED) is 0.563. The molecule has 2 aromatic heterocycles. The summed E-state index contributed by atoms with van der Waals surface area (Å²) in [6, 6.07) is 15.8. The molecule has 4 nitrogen and oxygen atoms in total. The van der Waals surface area contributed by atoms with Crippen molar-refractivity contribution >= 4 is 23.1 Å². The number of fused-ring (bicyclic) bond motifs is 2. The van der Waals surface area contributed by atoms with Gasteiger partial charge in [0.1, 0.15) is 5.69 Å². The van der Waals surface area contributed by atoms with Gasteiger partial charge < -0.3 is 4.90 Å². The van der Waals surface area contributed by atoms with Gasteiger partial charge in [0.25, 0.3) is 5.91 Å². The van der Waals surface area contributed by atoms with Gasteiger partial charge in [0, 0.05) is 36.1 Å². The summed E-state index contributed by atoms with van der Waals surface area (Å²) in [5, 5.41) is 0.771. The monoisotopic (exact) mass is 415 g/mol. The molecule has 0 saturated carbocycles. The van der Waals surface area contributed by atoms with Crippen molar-refractivity contribution in [3.8, 4) is 0 Å². The number of benzene rings is 1. The van der Waals surface area contributed by atoms with Crippen molar-refractivity contribution in [2.75, 3.05) is 13.1 Å². The van der Waals surface area contributed by atoms with Crippen LogP contribution in [0.15, 0.2) is 66.5 Å². The van der Waals surface area contributed by atoms with Crippen LogP contribution in [0.2, 0.25) is 5.02 Å². The maximum absolute atomic E-state index is 12.8. The van der Waals surface area contributed by atoms with Gasteiger partial charge >= 0.3 is 0 Å². The highest BCUT2D eigenvalue weighted by Gasteiger charge is 2.27. The molecule has 1 aliphatic heterocycles. The van der Waals surface area contributed by atoms with Gasteiger partial charge in [0.05, 0.1) is 5.69 Å². The van der Waals surface area contributed by atoms with E-state index < -0.39 is 0 Å². The zero-order valence-electron chi connectivity index (χ0n) is 16.6. The Morgan fingerprint density at radius 1 is 0.867 bits per heavy atom. The SMILES string of the molecule is O=C(c1ccccn1)N1CCC(=C2c3ccc(Cl)cc3CCc3cccnc32)CC1. The van der Waals surface area contributed by atoms with E-state index in [1.54, 1.807) is 12.3 Å². The number of hydrogen-bond acceptors (Lipinski definition) is 3. The van der Waals surface area contributed by atoms with Crippen LogP contribution in [0, 0.1) is 0 Å². The first-order valence-corrected chi connectivity index (χ1v) is 10.7. The molecule has 3 heterocycles. The second kappa shape index (κ2) is 8.04. The van der Waals surface area contributed by atoms with E-state index >= 15 is 0 Å². The van der Waals surface area contributed by atoms with Crippen LogP contribution in [0.5, 0.6) is 0 Å². The average Bonchev–Trinajstić information content (AvgIpc) is 2.96. The number of halogens is 1. The van der Waals surface area contributed by atoms with E-state index in [1.807, 2.05) is 35.4 Å². The highest BCUT2D eigenvalue weighted by atomic mass is 35.5. The molecule has 1 aliphatic carbocycles. The molecule has 2 aliphatic rings. The molecule has 1 aromatic carbocycles. The number of piperidine rings is 1. The normalized spacial score (nSPS) is 16.0. The summed E-state index contributed by atoms with van der Waals surface area (Å²) < 4.78 is 0. The number of amides is 1. The summed E-state index contributed by atoms with van der Waals surface area (Å²) in [5.74, 6) is 0.00576. The predicted octanol–water partition coefficient (Wildman–Crippen LogP) is 4.97. The third kappa shape index (κ3) is 3.52. The van der Waals surface area contributed by atoms with Gasteiger partial charge in [0.15, 0.2) is 0 Å². The fourth-order valence-corrected chi connectivity index (χ4v) is 4.71. The maximum Gasteiger partial charge on any atom is 0.272 e. The topological polar surface area (TPSA) is 46.1 Å². The average molecular weight is 416 g/mol. The lowest BCUT2D eigenvalue weighted by Gasteiger charge is -2.30. The van der Waals surface area contributed by atoms with E-state index in [0.29, 0.717) is 18.8 Å². The van der Waals surface area contributed by atoms with Crippen LogP contribution in [-0.4, -0.2) is 33.9 Å². The molecule has 1 amide bonds. The summed E-state index contributed by atoms with van der Waals surface area (Å²) in [6.45, 7) is 1.39. The van der Waals surface area contributed by atoms with Crippen LogP contribution in [0.25, 0.3) is 5.57 Å². The molecule has 0 radical (unpaired) electrons. The van der Waals surface area contributed by atoms with Gasteiger partial charge in [0.2, 0.25) is 0 Å². The van der Waals surface area contributed by atoms with Crippen LogP contribution in [0.1, 0.15) is 45.7 Å². The van der Waals surface area contributed by atoms with Gasteiger partial charge in [-0.2, -0.15) is 0 Å². The first kappa shape index (κ1) is 19.0. The Hall–Kier alpha value is -2.98. The van der Waals surface area contributed by atoms with Gasteiger partial charge in [-0.25, -0.2) is 0 Å². The standard InChI is InChI=1S/C25H22ClN3O/c26-20-8-9-21-19(16-20)7-6-18-4-3-13-28-24(18)23(21)17-10-14-29(15-11-17)25(30)22-5-1-2-12-27-22/h1-5,8-9,12-13,16H,6-7,10-11,14-15H2. The molecule has 1 saturated heterocycles.